The summed E-state index contributed by atoms with van der Waals surface area (Å²) in [6.07, 6.45) is 3.55. The summed E-state index contributed by atoms with van der Waals surface area (Å²) in [4.78, 5) is 16.0. The number of hydrogen-bond acceptors (Lipinski definition) is 3. The molecule has 0 atom stereocenters. The van der Waals surface area contributed by atoms with Crippen molar-refractivity contribution in [1.82, 2.24) is 10.3 Å². The van der Waals surface area contributed by atoms with E-state index in [0.717, 1.165) is 25.9 Å². The Kier molecular flexibility index (Phi) is 7.30. The molecule has 16 heavy (non-hydrogen) atoms. The number of nitrogens with one attached hydrogen (secondary N) is 1. The Morgan fingerprint density at radius 1 is 1.25 bits per heavy atom. The minimum absolute atomic E-state index is 0. The summed E-state index contributed by atoms with van der Waals surface area (Å²) in [5.74, 6) is 0.373. The van der Waals surface area contributed by atoms with Gasteiger partial charge in [-0.05, 0) is 38.1 Å². The largest absolute Gasteiger partial charge is 0.317 e. The normalized spacial score (nSPS) is 15.8. The number of rotatable bonds is 2. The first kappa shape index (κ1) is 15.4. The van der Waals surface area contributed by atoms with Crippen molar-refractivity contribution in [2.75, 3.05) is 13.1 Å². The third-order valence-corrected chi connectivity index (χ3v) is 2.63. The molecule has 1 aliphatic heterocycles. The maximum atomic E-state index is 11.9. The van der Waals surface area contributed by atoms with Crippen molar-refractivity contribution in [3.05, 3.63) is 30.1 Å². The van der Waals surface area contributed by atoms with Gasteiger partial charge < -0.3 is 5.32 Å². The number of halogens is 2. The van der Waals surface area contributed by atoms with Crippen LogP contribution in [0.2, 0.25) is 0 Å². The molecular weight excluding hydrogens is 247 g/mol. The van der Waals surface area contributed by atoms with Crippen molar-refractivity contribution < 1.29 is 4.79 Å². The zero-order valence-corrected chi connectivity index (χ0v) is 10.5. The van der Waals surface area contributed by atoms with E-state index in [9.17, 15) is 4.79 Å². The Labute approximate surface area is 108 Å². The predicted octanol–water partition coefficient (Wildman–Crippen LogP) is 2.11. The molecule has 1 aromatic rings. The van der Waals surface area contributed by atoms with Gasteiger partial charge in [-0.1, -0.05) is 6.07 Å². The fourth-order valence-electron chi connectivity index (χ4n) is 1.80. The number of carbonyl (C=O) groups excluding carboxylic acids is 1. The van der Waals surface area contributed by atoms with E-state index in [-0.39, 0.29) is 36.5 Å². The van der Waals surface area contributed by atoms with E-state index >= 15 is 0 Å². The number of nitrogens with zero attached hydrogens (tertiary/aromatic N) is 1. The molecule has 3 nitrogen and oxygen atoms in total. The van der Waals surface area contributed by atoms with E-state index in [1.807, 2.05) is 12.1 Å². The molecule has 0 saturated carbocycles. The lowest BCUT2D eigenvalue weighted by Crippen LogP contribution is -2.32. The molecule has 0 bridgehead atoms. The summed E-state index contributed by atoms with van der Waals surface area (Å²) >= 11 is 0. The van der Waals surface area contributed by atoms with Crippen molar-refractivity contribution in [3.63, 3.8) is 0 Å². The number of Topliss-reactive ketones (excluding diaryl/α,β-unsaturated/α-hetero) is 1. The van der Waals surface area contributed by atoms with E-state index < -0.39 is 0 Å². The molecule has 5 heteroatoms. The highest BCUT2D eigenvalue weighted by atomic mass is 35.5. The first-order valence-electron chi connectivity index (χ1n) is 5.04. The van der Waals surface area contributed by atoms with Crippen LogP contribution in [0.15, 0.2) is 24.4 Å². The Morgan fingerprint density at radius 2 is 1.94 bits per heavy atom. The Hall–Kier alpha value is -0.640. The molecular formula is C11H16Cl2N2O. The van der Waals surface area contributed by atoms with Crippen LogP contribution in [0, 0.1) is 5.92 Å². The summed E-state index contributed by atoms with van der Waals surface area (Å²) < 4.78 is 0. The minimum atomic E-state index is 0. The molecule has 1 aromatic heterocycles. The van der Waals surface area contributed by atoms with Gasteiger partial charge in [0.1, 0.15) is 5.69 Å². The fraction of sp³-hybridized carbons (Fsp3) is 0.455. The van der Waals surface area contributed by atoms with E-state index in [1.165, 1.54) is 0 Å². The summed E-state index contributed by atoms with van der Waals surface area (Å²) in [6.45, 7) is 1.90. The zero-order valence-electron chi connectivity index (χ0n) is 8.89. The number of piperidine rings is 1. The van der Waals surface area contributed by atoms with Gasteiger partial charge in [0.2, 0.25) is 0 Å². The number of hydrogen-bond donors (Lipinski definition) is 1. The lowest BCUT2D eigenvalue weighted by Gasteiger charge is -2.20. The summed E-state index contributed by atoms with van der Waals surface area (Å²) in [6, 6.07) is 5.49. The van der Waals surface area contributed by atoms with Gasteiger partial charge in [-0.3, -0.25) is 9.78 Å². The topological polar surface area (TPSA) is 42.0 Å². The standard InChI is InChI=1S/C11H14N2O.2ClH/c14-11(9-4-7-12-8-5-9)10-3-1-2-6-13-10;;/h1-3,6,9,12H,4-5,7-8H2;2*1H. The van der Waals surface area contributed by atoms with Gasteiger partial charge in [0, 0.05) is 12.1 Å². The van der Waals surface area contributed by atoms with E-state index in [4.69, 9.17) is 0 Å². The van der Waals surface area contributed by atoms with Crippen LogP contribution in [-0.4, -0.2) is 23.9 Å². The van der Waals surface area contributed by atoms with Gasteiger partial charge in [0.15, 0.2) is 5.78 Å². The van der Waals surface area contributed by atoms with Crippen molar-refractivity contribution in [2.45, 2.75) is 12.8 Å². The molecule has 2 heterocycles. The second-order valence-corrected chi connectivity index (χ2v) is 3.60. The first-order valence-corrected chi connectivity index (χ1v) is 5.04. The number of ketones is 1. The van der Waals surface area contributed by atoms with Crippen LogP contribution in [0.1, 0.15) is 23.3 Å². The zero-order chi connectivity index (χ0) is 9.80. The van der Waals surface area contributed by atoms with Gasteiger partial charge >= 0.3 is 0 Å². The highest BCUT2D eigenvalue weighted by molar-refractivity contribution is 5.96. The molecule has 1 saturated heterocycles. The minimum Gasteiger partial charge on any atom is -0.317 e. The Balaban J connectivity index is 0.00000112. The average molecular weight is 263 g/mol. The van der Waals surface area contributed by atoms with Crippen molar-refractivity contribution in [3.8, 4) is 0 Å². The molecule has 1 aliphatic rings. The molecule has 2 rings (SSSR count). The summed E-state index contributed by atoms with van der Waals surface area (Å²) in [7, 11) is 0. The molecule has 0 aromatic carbocycles. The summed E-state index contributed by atoms with van der Waals surface area (Å²) in [5.41, 5.74) is 0.611. The van der Waals surface area contributed by atoms with E-state index in [2.05, 4.69) is 10.3 Å². The van der Waals surface area contributed by atoms with Gasteiger partial charge in [-0.25, -0.2) is 0 Å². The molecule has 0 aliphatic carbocycles. The fourth-order valence-corrected chi connectivity index (χ4v) is 1.80. The maximum absolute atomic E-state index is 11.9. The molecule has 0 spiro atoms. The highest BCUT2D eigenvalue weighted by Crippen LogP contribution is 2.16. The molecule has 0 unspecified atom stereocenters. The van der Waals surface area contributed by atoms with Crippen LogP contribution >= 0.6 is 24.8 Å². The number of aromatic nitrogens is 1. The number of pyridine rings is 1. The monoisotopic (exact) mass is 262 g/mol. The summed E-state index contributed by atoms with van der Waals surface area (Å²) in [5, 5.41) is 3.25. The predicted molar refractivity (Wildman–Crippen MR) is 68.7 cm³/mol. The van der Waals surface area contributed by atoms with Crippen molar-refractivity contribution in [1.29, 1.82) is 0 Å². The maximum Gasteiger partial charge on any atom is 0.184 e. The quantitative estimate of drug-likeness (QED) is 0.831. The van der Waals surface area contributed by atoms with E-state index in [1.54, 1.807) is 12.3 Å². The lowest BCUT2D eigenvalue weighted by atomic mass is 9.92. The van der Waals surface area contributed by atoms with Crippen molar-refractivity contribution >= 4 is 30.6 Å². The van der Waals surface area contributed by atoms with Gasteiger partial charge in [-0.15, -0.1) is 24.8 Å². The Bertz CT molecular complexity index is 313. The average Bonchev–Trinajstić information content (AvgIpc) is 2.30. The molecule has 0 radical (unpaired) electrons. The van der Waals surface area contributed by atoms with Gasteiger partial charge in [-0.2, -0.15) is 0 Å². The first-order chi connectivity index (χ1) is 6.88. The molecule has 0 amide bonds. The van der Waals surface area contributed by atoms with Crippen LogP contribution < -0.4 is 5.32 Å². The molecule has 1 N–H and O–H groups in total. The van der Waals surface area contributed by atoms with Gasteiger partial charge in [0.25, 0.3) is 0 Å². The Morgan fingerprint density at radius 3 is 2.50 bits per heavy atom. The molecule has 1 fully saturated rings. The number of carbonyl (C=O) groups is 1. The van der Waals surface area contributed by atoms with Crippen LogP contribution in [0.5, 0.6) is 0 Å². The second-order valence-electron chi connectivity index (χ2n) is 3.60. The molecule has 90 valence electrons. The van der Waals surface area contributed by atoms with Crippen LogP contribution in [0.3, 0.4) is 0 Å². The third-order valence-electron chi connectivity index (χ3n) is 2.63. The third kappa shape index (κ3) is 3.74. The smallest absolute Gasteiger partial charge is 0.184 e. The SMILES string of the molecule is Cl.Cl.O=C(c1ccccn1)C1CCNCC1. The van der Waals surface area contributed by atoms with Crippen LogP contribution in [-0.2, 0) is 0 Å². The second kappa shape index (κ2) is 7.60. The van der Waals surface area contributed by atoms with Crippen LogP contribution in [0.4, 0.5) is 0 Å². The van der Waals surface area contributed by atoms with Crippen molar-refractivity contribution in [2.24, 2.45) is 5.92 Å². The highest BCUT2D eigenvalue weighted by Gasteiger charge is 2.22. The van der Waals surface area contributed by atoms with Crippen LogP contribution in [0.25, 0.3) is 0 Å². The van der Waals surface area contributed by atoms with Gasteiger partial charge in [0.05, 0.1) is 0 Å². The van der Waals surface area contributed by atoms with E-state index in [0.29, 0.717) is 5.69 Å². The lowest BCUT2D eigenvalue weighted by molar-refractivity contribution is 0.0890.